The molecule has 5 saturated carbocycles. The number of esters is 2. The van der Waals surface area contributed by atoms with E-state index in [1.165, 1.54) is 6.42 Å². The number of ether oxygens (including phenoxy) is 3. The summed E-state index contributed by atoms with van der Waals surface area (Å²) in [4.78, 5) is 38.5. The lowest BCUT2D eigenvalue weighted by molar-refractivity contribution is -0.253. The van der Waals surface area contributed by atoms with Crippen LogP contribution in [0.3, 0.4) is 0 Å². The predicted octanol–water partition coefficient (Wildman–Crippen LogP) is 8.28. The van der Waals surface area contributed by atoms with Crippen molar-refractivity contribution in [3.8, 4) is 0 Å². The van der Waals surface area contributed by atoms with Gasteiger partial charge in [-0.25, -0.2) is 0 Å². The molecule has 5 fully saturated rings. The summed E-state index contributed by atoms with van der Waals surface area (Å²) in [7, 11) is 1.59. The lowest BCUT2D eigenvalue weighted by atomic mass is 9.32. The highest BCUT2D eigenvalue weighted by Crippen LogP contribution is 2.77. The molecule has 0 unspecified atom stereocenters. The van der Waals surface area contributed by atoms with Crippen LogP contribution in [0.4, 0.5) is 0 Å². The van der Waals surface area contributed by atoms with Crippen molar-refractivity contribution in [2.45, 2.75) is 139 Å². The molecule has 5 aliphatic carbocycles. The van der Waals surface area contributed by atoms with Crippen LogP contribution >= 0.6 is 0 Å². The molecule has 256 valence electrons. The van der Waals surface area contributed by atoms with Gasteiger partial charge in [0.05, 0.1) is 17.3 Å². The molecule has 0 aromatic rings. The third-order valence-electron chi connectivity index (χ3n) is 15.4. The molecule has 0 amide bonds. The minimum Gasteiger partial charge on any atom is -0.481 e. The Morgan fingerprint density at radius 2 is 1.53 bits per heavy atom. The van der Waals surface area contributed by atoms with E-state index in [0.717, 1.165) is 57.8 Å². The van der Waals surface area contributed by atoms with E-state index in [1.54, 1.807) is 21.0 Å². The zero-order chi connectivity index (χ0) is 33.4. The number of methoxy groups -OCH3 is 1. The molecule has 0 aromatic heterocycles. The summed E-state index contributed by atoms with van der Waals surface area (Å²) in [6.45, 7) is 20.2. The fraction of sp³-hybridized carbons (Fsp3) is 0.921. The first-order chi connectivity index (χ1) is 20.8. The van der Waals surface area contributed by atoms with Crippen LogP contribution in [0.2, 0.25) is 0 Å². The summed E-state index contributed by atoms with van der Waals surface area (Å²) >= 11 is 0. The minimum atomic E-state index is -1.14. The van der Waals surface area contributed by atoms with Gasteiger partial charge in [-0.05, 0) is 130 Å². The Morgan fingerprint density at radius 3 is 2.16 bits per heavy atom. The number of hydrogen-bond acceptors (Lipinski definition) is 6. The summed E-state index contributed by atoms with van der Waals surface area (Å²) < 4.78 is 17.1. The van der Waals surface area contributed by atoms with Crippen LogP contribution in [0, 0.1) is 68.0 Å². The standard InChI is InChI=1S/C38H62O7/c1-23(2)24-13-18-38(32(42)44-22-43-10)20-19-36(8)25(30(24)38)11-12-27-35(7)16-15-28(45-29(39)21-33(3,4)31(40)41)34(5,6)26(35)14-17-37(27,36)9/h23-28,30H,11-22H2,1-10H3,(H,40,41)/t24-,25+,26-,27+,28-,30+,35-,36+,37+,38-/m0/s1. The molecular weight excluding hydrogens is 568 g/mol. The summed E-state index contributed by atoms with van der Waals surface area (Å²) in [5.74, 6) is 1.51. The Balaban J connectivity index is 1.42. The SMILES string of the molecule is COCOC(=O)[C@]12CC[C@@H](C(C)C)[C@@H]1[C@H]1CC[C@@H]3[C@@]4(C)CC[C@H](OC(=O)CC(C)(C)C(=O)O)C(C)(C)[C@@H]4CC[C@@]3(C)[C@]1(C)CC2. The molecule has 1 N–H and O–H groups in total. The first-order valence-electron chi connectivity index (χ1n) is 17.9. The Kier molecular flexibility index (Phi) is 8.88. The molecule has 7 nitrogen and oxygen atoms in total. The molecule has 0 spiro atoms. The second-order valence-electron chi connectivity index (χ2n) is 18.3. The van der Waals surface area contributed by atoms with Crippen molar-refractivity contribution < 1.29 is 33.7 Å². The second kappa shape index (κ2) is 11.5. The molecule has 10 atom stereocenters. The Bertz CT molecular complexity index is 1170. The van der Waals surface area contributed by atoms with Crippen LogP contribution in [-0.4, -0.2) is 43.0 Å². The Hall–Kier alpha value is -1.63. The molecule has 0 radical (unpaired) electrons. The van der Waals surface area contributed by atoms with Gasteiger partial charge in [0.2, 0.25) is 0 Å². The minimum absolute atomic E-state index is 0.0242. The molecular formula is C38H62O7. The maximum atomic E-state index is 13.8. The van der Waals surface area contributed by atoms with E-state index >= 15 is 0 Å². The molecule has 45 heavy (non-hydrogen) atoms. The van der Waals surface area contributed by atoms with Crippen molar-refractivity contribution in [3.05, 3.63) is 0 Å². The van der Waals surface area contributed by atoms with E-state index in [4.69, 9.17) is 14.2 Å². The van der Waals surface area contributed by atoms with Gasteiger partial charge in [0.1, 0.15) is 6.10 Å². The number of carboxylic acids is 1. The Morgan fingerprint density at radius 1 is 0.844 bits per heavy atom. The van der Waals surface area contributed by atoms with Gasteiger partial charge in [0.15, 0.2) is 6.79 Å². The third kappa shape index (κ3) is 5.10. The van der Waals surface area contributed by atoms with Gasteiger partial charge < -0.3 is 19.3 Å². The fourth-order valence-corrected chi connectivity index (χ4v) is 12.8. The molecule has 0 heterocycles. The summed E-state index contributed by atoms with van der Waals surface area (Å²) in [5.41, 5.74) is -1.28. The van der Waals surface area contributed by atoms with Crippen molar-refractivity contribution in [2.24, 2.45) is 68.0 Å². The first kappa shape index (κ1) is 34.7. The quantitative estimate of drug-likeness (QED) is 0.213. The average molecular weight is 631 g/mol. The topological polar surface area (TPSA) is 99.1 Å². The van der Waals surface area contributed by atoms with Crippen molar-refractivity contribution in [1.82, 2.24) is 0 Å². The van der Waals surface area contributed by atoms with Crippen LogP contribution in [-0.2, 0) is 28.6 Å². The predicted molar refractivity (Wildman–Crippen MR) is 173 cm³/mol. The summed E-state index contributed by atoms with van der Waals surface area (Å²) in [6.07, 6.45) is 10.1. The smallest absolute Gasteiger partial charge is 0.314 e. The van der Waals surface area contributed by atoms with E-state index in [1.807, 2.05) is 0 Å². The van der Waals surface area contributed by atoms with Crippen LogP contribution in [0.5, 0.6) is 0 Å². The maximum absolute atomic E-state index is 13.8. The molecule has 0 aromatic carbocycles. The lowest BCUT2D eigenvalue weighted by Gasteiger charge is -2.72. The average Bonchev–Trinajstić information content (AvgIpc) is 3.34. The van der Waals surface area contributed by atoms with E-state index in [-0.39, 0.29) is 52.4 Å². The van der Waals surface area contributed by atoms with E-state index in [0.29, 0.717) is 35.5 Å². The summed E-state index contributed by atoms with van der Waals surface area (Å²) in [6, 6.07) is 0. The van der Waals surface area contributed by atoms with E-state index in [9.17, 15) is 19.5 Å². The normalized spacial score (nSPS) is 43.8. The third-order valence-corrected chi connectivity index (χ3v) is 15.4. The molecule has 5 aliphatic rings. The van der Waals surface area contributed by atoms with Crippen molar-refractivity contribution in [3.63, 3.8) is 0 Å². The van der Waals surface area contributed by atoms with Gasteiger partial charge in [-0.15, -0.1) is 0 Å². The number of carbonyl (C=O) groups excluding carboxylic acids is 2. The van der Waals surface area contributed by atoms with Crippen molar-refractivity contribution in [1.29, 1.82) is 0 Å². The van der Waals surface area contributed by atoms with Gasteiger partial charge >= 0.3 is 17.9 Å². The number of carbonyl (C=O) groups is 3. The van der Waals surface area contributed by atoms with Crippen molar-refractivity contribution >= 4 is 17.9 Å². The number of fused-ring (bicyclic) bond motifs is 7. The molecule has 0 bridgehead atoms. The number of carboxylic acid groups (broad SMARTS) is 1. The summed E-state index contributed by atoms with van der Waals surface area (Å²) in [5, 5.41) is 9.56. The maximum Gasteiger partial charge on any atom is 0.314 e. The van der Waals surface area contributed by atoms with Gasteiger partial charge in [0.25, 0.3) is 0 Å². The number of rotatable bonds is 8. The van der Waals surface area contributed by atoms with E-state index < -0.39 is 17.4 Å². The van der Waals surface area contributed by atoms with Gasteiger partial charge in [-0.3, -0.25) is 14.4 Å². The van der Waals surface area contributed by atoms with Gasteiger partial charge in [-0.2, -0.15) is 0 Å². The first-order valence-corrected chi connectivity index (χ1v) is 17.9. The lowest BCUT2D eigenvalue weighted by Crippen LogP contribution is -2.67. The molecule has 7 heteroatoms. The van der Waals surface area contributed by atoms with Gasteiger partial charge in [-0.1, -0.05) is 48.5 Å². The zero-order valence-corrected chi connectivity index (χ0v) is 29.9. The van der Waals surface area contributed by atoms with Crippen molar-refractivity contribution in [2.75, 3.05) is 13.9 Å². The van der Waals surface area contributed by atoms with Gasteiger partial charge in [0, 0.05) is 12.5 Å². The monoisotopic (exact) mass is 630 g/mol. The highest BCUT2D eigenvalue weighted by atomic mass is 16.7. The molecule has 5 rings (SSSR count). The van der Waals surface area contributed by atoms with Crippen LogP contribution in [0.25, 0.3) is 0 Å². The van der Waals surface area contributed by atoms with Crippen LogP contribution < -0.4 is 0 Å². The zero-order valence-electron chi connectivity index (χ0n) is 29.9. The highest BCUT2D eigenvalue weighted by molar-refractivity contribution is 5.81. The highest BCUT2D eigenvalue weighted by Gasteiger charge is 2.72. The molecule has 0 saturated heterocycles. The largest absolute Gasteiger partial charge is 0.481 e. The van der Waals surface area contributed by atoms with E-state index in [2.05, 4.69) is 48.5 Å². The second-order valence-corrected chi connectivity index (χ2v) is 18.3. The number of hydrogen-bond donors (Lipinski definition) is 1. The Labute approximate surface area is 272 Å². The molecule has 0 aliphatic heterocycles. The fourth-order valence-electron chi connectivity index (χ4n) is 12.8. The van der Waals surface area contributed by atoms with Crippen LogP contribution in [0.1, 0.15) is 133 Å². The van der Waals surface area contributed by atoms with Crippen LogP contribution in [0.15, 0.2) is 0 Å². The number of aliphatic carboxylic acids is 1.